The quantitative estimate of drug-likeness (QED) is 0.707. The van der Waals surface area contributed by atoms with Gasteiger partial charge in [0.25, 0.3) is 11.8 Å². The van der Waals surface area contributed by atoms with E-state index < -0.39 is 37.6 Å². The Bertz CT molecular complexity index is 780. The van der Waals surface area contributed by atoms with E-state index in [1.807, 2.05) is 5.32 Å². The van der Waals surface area contributed by atoms with Crippen LogP contribution < -0.4 is 14.8 Å². The highest BCUT2D eigenvalue weighted by molar-refractivity contribution is 6.05. The van der Waals surface area contributed by atoms with Crippen LogP contribution in [0.2, 0.25) is 0 Å². The van der Waals surface area contributed by atoms with Gasteiger partial charge in [-0.2, -0.15) is 8.78 Å². The molecular formula is C18H15F2NO6. The molecule has 142 valence electrons. The molecule has 0 fully saturated rings. The van der Waals surface area contributed by atoms with Crippen molar-refractivity contribution in [2.24, 2.45) is 0 Å². The molecule has 9 heteroatoms. The standard InChI is InChI=1S/C18H15F2NO6/c19-18(20)27-14-8-6-12(7-9-14)17(24)21-15(22)10-26-16(23)11-25-13-4-2-1-3-5-13/h1-9,18H,10-11H2,(H,21,22,24). The predicted molar refractivity (Wildman–Crippen MR) is 88.4 cm³/mol. The van der Waals surface area contributed by atoms with Crippen molar-refractivity contribution in [3.8, 4) is 11.5 Å². The number of amides is 2. The van der Waals surface area contributed by atoms with Crippen LogP contribution in [0.4, 0.5) is 8.78 Å². The number of para-hydroxylation sites is 1. The van der Waals surface area contributed by atoms with Crippen LogP contribution in [-0.4, -0.2) is 37.6 Å². The lowest BCUT2D eigenvalue weighted by molar-refractivity contribution is -0.150. The molecule has 0 aliphatic carbocycles. The summed E-state index contributed by atoms with van der Waals surface area (Å²) in [5.41, 5.74) is 0.0451. The van der Waals surface area contributed by atoms with E-state index in [1.54, 1.807) is 30.3 Å². The molecular weight excluding hydrogens is 364 g/mol. The van der Waals surface area contributed by atoms with Gasteiger partial charge in [-0.15, -0.1) is 0 Å². The minimum Gasteiger partial charge on any atom is -0.482 e. The Hall–Kier alpha value is -3.49. The van der Waals surface area contributed by atoms with Crippen molar-refractivity contribution in [2.75, 3.05) is 13.2 Å². The van der Waals surface area contributed by atoms with Crippen molar-refractivity contribution in [1.82, 2.24) is 5.32 Å². The zero-order chi connectivity index (χ0) is 19.6. The molecule has 2 rings (SSSR count). The second-order valence-corrected chi connectivity index (χ2v) is 5.04. The smallest absolute Gasteiger partial charge is 0.387 e. The molecule has 0 atom stereocenters. The first-order valence-electron chi connectivity index (χ1n) is 7.66. The SMILES string of the molecule is O=C(COC(=O)COc1ccccc1)NC(=O)c1ccc(OC(F)F)cc1. The molecule has 2 aromatic rings. The second kappa shape index (κ2) is 9.85. The number of rotatable bonds is 8. The minimum atomic E-state index is -2.98. The Labute approximate surface area is 152 Å². The molecule has 2 aromatic carbocycles. The Morgan fingerprint density at radius 1 is 0.889 bits per heavy atom. The number of halogens is 2. The summed E-state index contributed by atoms with van der Waals surface area (Å²) in [6.07, 6.45) is 0. The summed E-state index contributed by atoms with van der Waals surface area (Å²) in [5, 5.41) is 2.00. The molecule has 1 N–H and O–H groups in total. The van der Waals surface area contributed by atoms with Crippen molar-refractivity contribution in [3.05, 3.63) is 60.2 Å². The number of carbonyl (C=O) groups is 3. The molecule has 0 spiro atoms. The van der Waals surface area contributed by atoms with Crippen LogP contribution >= 0.6 is 0 Å². The van der Waals surface area contributed by atoms with Gasteiger partial charge in [0.1, 0.15) is 11.5 Å². The minimum absolute atomic E-state index is 0.0451. The number of hydrogen-bond acceptors (Lipinski definition) is 6. The fraction of sp³-hybridized carbons (Fsp3) is 0.167. The van der Waals surface area contributed by atoms with Crippen LogP contribution in [-0.2, 0) is 14.3 Å². The summed E-state index contributed by atoms with van der Waals surface area (Å²) in [6.45, 7) is -4.04. The van der Waals surface area contributed by atoms with Crippen molar-refractivity contribution in [1.29, 1.82) is 0 Å². The second-order valence-electron chi connectivity index (χ2n) is 5.04. The number of alkyl halides is 2. The van der Waals surface area contributed by atoms with E-state index in [-0.39, 0.29) is 11.3 Å². The van der Waals surface area contributed by atoms with E-state index >= 15 is 0 Å². The summed E-state index contributed by atoms with van der Waals surface area (Å²) in [5.74, 6) is -2.07. The summed E-state index contributed by atoms with van der Waals surface area (Å²) < 4.78 is 38.1. The van der Waals surface area contributed by atoms with Crippen molar-refractivity contribution < 1.29 is 37.4 Å². The molecule has 0 radical (unpaired) electrons. The normalized spacial score (nSPS) is 10.2. The summed E-state index contributed by atoms with van der Waals surface area (Å²) in [6, 6.07) is 13.3. The molecule has 27 heavy (non-hydrogen) atoms. The van der Waals surface area contributed by atoms with Gasteiger partial charge in [-0.05, 0) is 36.4 Å². The van der Waals surface area contributed by atoms with E-state index in [4.69, 9.17) is 9.47 Å². The lowest BCUT2D eigenvalue weighted by atomic mass is 10.2. The highest BCUT2D eigenvalue weighted by atomic mass is 19.3. The molecule has 0 aromatic heterocycles. The first-order chi connectivity index (χ1) is 12.9. The molecule has 0 saturated carbocycles. The van der Waals surface area contributed by atoms with Gasteiger partial charge in [0.05, 0.1) is 0 Å². The zero-order valence-corrected chi connectivity index (χ0v) is 13.9. The highest BCUT2D eigenvalue weighted by Crippen LogP contribution is 2.14. The third-order valence-corrected chi connectivity index (χ3v) is 3.06. The van der Waals surface area contributed by atoms with Crippen LogP contribution in [0.25, 0.3) is 0 Å². The van der Waals surface area contributed by atoms with Gasteiger partial charge in [0.15, 0.2) is 13.2 Å². The molecule has 0 aliphatic heterocycles. The molecule has 7 nitrogen and oxygen atoms in total. The third-order valence-electron chi connectivity index (χ3n) is 3.06. The summed E-state index contributed by atoms with van der Waals surface area (Å²) >= 11 is 0. The molecule has 0 heterocycles. The number of ether oxygens (including phenoxy) is 3. The maximum atomic E-state index is 12.1. The van der Waals surface area contributed by atoms with E-state index in [1.165, 1.54) is 12.1 Å². The highest BCUT2D eigenvalue weighted by Gasteiger charge is 2.13. The topological polar surface area (TPSA) is 90.9 Å². The molecule has 0 aliphatic rings. The van der Waals surface area contributed by atoms with Gasteiger partial charge in [0.2, 0.25) is 0 Å². The van der Waals surface area contributed by atoms with Gasteiger partial charge < -0.3 is 14.2 Å². The van der Waals surface area contributed by atoms with Crippen LogP contribution in [0.15, 0.2) is 54.6 Å². The number of nitrogens with one attached hydrogen (secondary N) is 1. The van der Waals surface area contributed by atoms with E-state index in [0.717, 1.165) is 12.1 Å². The molecule has 0 saturated heterocycles. The zero-order valence-electron chi connectivity index (χ0n) is 13.9. The Morgan fingerprint density at radius 3 is 2.19 bits per heavy atom. The Kier molecular flexibility index (Phi) is 7.24. The number of esters is 1. The summed E-state index contributed by atoms with van der Waals surface area (Å²) in [4.78, 5) is 35.0. The maximum Gasteiger partial charge on any atom is 0.387 e. The Balaban J connectivity index is 1.72. The number of benzene rings is 2. The average molecular weight is 379 g/mol. The first-order valence-corrected chi connectivity index (χ1v) is 7.66. The van der Waals surface area contributed by atoms with Crippen molar-refractivity contribution >= 4 is 17.8 Å². The van der Waals surface area contributed by atoms with Crippen molar-refractivity contribution in [3.63, 3.8) is 0 Å². The number of carbonyl (C=O) groups excluding carboxylic acids is 3. The average Bonchev–Trinajstić information content (AvgIpc) is 2.65. The van der Waals surface area contributed by atoms with Crippen LogP contribution in [0.3, 0.4) is 0 Å². The number of hydrogen-bond donors (Lipinski definition) is 1. The van der Waals surface area contributed by atoms with Crippen LogP contribution in [0, 0.1) is 0 Å². The summed E-state index contributed by atoms with van der Waals surface area (Å²) in [7, 11) is 0. The molecule has 0 bridgehead atoms. The third kappa shape index (κ3) is 7.10. The molecule has 2 amide bonds. The van der Waals surface area contributed by atoms with Gasteiger partial charge in [-0.1, -0.05) is 18.2 Å². The largest absolute Gasteiger partial charge is 0.482 e. The maximum absolute atomic E-state index is 12.1. The monoisotopic (exact) mass is 379 g/mol. The Morgan fingerprint density at radius 2 is 1.56 bits per heavy atom. The van der Waals surface area contributed by atoms with Crippen LogP contribution in [0.5, 0.6) is 11.5 Å². The van der Waals surface area contributed by atoms with Crippen molar-refractivity contribution in [2.45, 2.75) is 6.61 Å². The van der Waals surface area contributed by atoms with E-state index in [2.05, 4.69) is 4.74 Å². The van der Waals surface area contributed by atoms with Gasteiger partial charge >= 0.3 is 12.6 Å². The fourth-order valence-electron chi connectivity index (χ4n) is 1.87. The molecule has 0 unspecified atom stereocenters. The lowest BCUT2D eigenvalue weighted by Gasteiger charge is -2.08. The van der Waals surface area contributed by atoms with E-state index in [0.29, 0.717) is 5.75 Å². The van der Waals surface area contributed by atoms with E-state index in [9.17, 15) is 23.2 Å². The number of imide groups is 1. The fourth-order valence-corrected chi connectivity index (χ4v) is 1.87. The predicted octanol–water partition coefficient (Wildman–Crippen LogP) is 2.17. The van der Waals surface area contributed by atoms with Gasteiger partial charge in [-0.3, -0.25) is 14.9 Å². The van der Waals surface area contributed by atoms with Crippen LogP contribution in [0.1, 0.15) is 10.4 Å². The lowest BCUT2D eigenvalue weighted by Crippen LogP contribution is -2.34. The first kappa shape index (κ1) is 19.8. The van der Waals surface area contributed by atoms with Gasteiger partial charge in [0, 0.05) is 5.56 Å². The van der Waals surface area contributed by atoms with Gasteiger partial charge in [-0.25, -0.2) is 4.79 Å².